The Labute approximate surface area is 102 Å². The minimum Gasteiger partial charge on any atom is -0.376 e. The molecule has 1 atom stereocenters. The van der Waals surface area contributed by atoms with Crippen LogP contribution in [0.2, 0.25) is 0 Å². The molecule has 1 aromatic rings. The van der Waals surface area contributed by atoms with Gasteiger partial charge in [-0.25, -0.2) is 0 Å². The van der Waals surface area contributed by atoms with Crippen molar-refractivity contribution >= 4 is 5.91 Å². The summed E-state index contributed by atoms with van der Waals surface area (Å²) in [5.74, 6) is 0.115. The van der Waals surface area contributed by atoms with Crippen molar-refractivity contribution in [3.8, 4) is 0 Å². The Hall–Kier alpha value is -1.35. The highest BCUT2D eigenvalue weighted by Crippen LogP contribution is 2.10. The Kier molecular flexibility index (Phi) is 4.56. The third-order valence-electron chi connectivity index (χ3n) is 3.03. The maximum Gasteiger partial charge on any atom is 0.220 e. The van der Waals surface area contributed by atoms with Gasteiger partial charge in [-0.15, -0.1) is 0 Å². The SMILES string of the molecule is O=C(CCc1ccccc1)NC[C@@H]1CCCO1. The number of aryl methyl sites for hydroxylation is 1. The predicted molar refractivity (Wildman–Crippen MR) is 66.7 cm³/mol. The Bertz CT molecular complexity index is 344. The molecule has 1 amide bonds. The molecular weight excluding hydrogens is 214 g/mol. The lowest BCUT2D eigenvalue weighted by atomic mass is 10.1. The molecule has 1 aliphatic heterocycles. The number of hydrogen-bond acceptors (Lipinski definition) is 2. The van der Waals surface area contributed by atoms with Crippen LogP contribution in [-0.2, 0) is 16.0 Å². The van der Waals surface area contributed by atoms with Gasteiger partial charge in [0.2, 0.25) is 5.91 Å². The molecule has 0 aliphatic carbocycles. The number of amides is 1. The molecule has 3 nitrogen and oxygen atoms in total. The fourth-order valence-electron chi connectivity index (χ4n) is 2.02. The van der Waals surface area contributed by atoms with Gasteiger partial charge in [-0.1, -0.05) is 30.3 Å². The Morgan fingerprint density at radius 2 is 2.18 bits per heavy atom. The van der Waals surface area contributed by atoms with Gasteiger partial charge in [-0.2, -0.15) is 0 Å². The second-order valence-corrected chi connectivity index (χ2v) is 4.42. The molecule has 2 rings (SSSR count). The van der Waals surface area contributed by atoms with Crippen molar-refractivity contribution in [2.24, 2.45) is 0 Å². The highest BCUT2D eigenvalue weighted by molar-refractivity contribution is 5.76. The Morgan fingerprint density at radius 3 is 2.88 bits per heavy atom. The number of ether oxygens (including phenoxy) is 1. The number of rotatable bonds is 5. The molecule has 1 fully saturated rings. The van der Waals surface area contributed by atoms with Crippen LogP contribution in [0.4, 0.5) is 0 Å². The van der Waals surface area contributed by atoms with Gasteiger partial charge >= 0.3 is 0 Å². The lowest BCUT2D eigenvalue weighted by Crippen LogP contribution is -2.31. The van der Waals surface area contributed by atoms with E-state index in [1.165, 1.54) is 5.56 Å². The van der Waals surface area contributed by atoms with Crippen LogP contribution in [0.15, 0.2) is 30.3 Å². The summed E-state index contributed by atoms with van der Waals surface area (Å²) in [7, 11) is 0. The van der Waals surface area contributed by atoms with Gasteiger partial charge in [-0.05, 0) is 24.8 Å². The fourth-order valence-corrected chi connectivity index (χ4v) is 2.02. The molecule has 17 heavy (non-hydrogen) atoms. The van der Waals surface area contributed by atoms with E-state index in [0.717, 1.165) is 25.9 Å². The normalized spacial score (nSPS) is 19.2. The molecule has 1 saturated heterocycles. The molecule has 1 aliphatic rings. The number of nitrogens with one attached hydrogen (secondary N) is 1. The third kappa shape index (κ3) is 4.19. The first-order chi connectivity index (χ1) is 8.34. The quantitative estimate of drug-likeness (QED) is 0.843. The summed E-state index contributed by atoms with van der Waals surface area (Å²) in [6.07, 6.45) is 3.77. The second-order valence-electron chi connectivity index (χ2n) is 4.42. The molecule has 0 unspecified atom stereocenters. The third-order valence-corrected chi connectivity index (χ3v) is 3.03. The van der Waals surface area contributed by atoms with E-state index in [1.807, 2.05) is 30.3 Å². The number of benzene rings is 1. The van der Waals surface area contributed by atoms with E-state index in [0.29, 0.717) is 13.0 Å². The second kappa shape index (κ2) is 6.40. The maximum atomic E-state index is 11.6. The van der Waals surface area contributed by atoms with Crippen molar-refractivity contribution in [3.05, 3.63) is 35.9 Å². The van der Waals surface area contributed by atoms with Crippen LogP contribution >= 0.6 is 0 Å². The van der Waals surface area contributed by atoms with Crippen LogP contribution in [0.25, 0.3) is 0 Å². The highest BCUT2D eigenvalue weighted by atomic mass is 16.5. The van der Waals surface area contributed by atoms with Crippen molar-refractivity contribution in [2.75, 3.05) is 13.2 Å². The van der Waals surface area contributed by atoms with Crippen LogP contribution in [0, 0.1) is 0 Å². The van der Waals surface area contributed by atoms with E-state index in [2.05, 4.69) is 5.32 Å². The Balaban J connectivity index is 1.64. The summed E-state index contributed by atoms with van der Waals surface area (Å²) < 4.78 is 5.45. The van der Waals surface area contributed by atoms with Gasteiger partial charge in [0, 0.05) is 19.6 Å². The van der Waals surface area contributed by atoms with Gasteiger partial charge in [-0.3, -0.25) is 4.79 Å². The van der Waals surface area contributed by atoms with Crippen LogP contribution in [0.1, 0.15) is 24.8 Å². The monoisotopic (exact) mass is 233 g/mol. The molecule has 1 aromatic carbocycles. The summed E-state index contributed by atoms with van der Waals surface area (Å²) >= 11 is 0. The van der Waals surface area contributed by atoms with Gasteiger partial charge < -0.3 is 10.1 Å². The summed E-state index contributed by atoms with van der Waals surface area (Å²) in [4.78, 5) is 11.6. The van der Waals surface area contributed by atoms with E-state index in [4.69, 9.17) is 4.74 Å². The Morgan fingerprint density at radius 1 is 1.35 bits per heavy atom. The van der Waals surface area contributed by atoms with Crippen LogP contribution < -0.4 is 5.32 Å². The van der Waals surface area contributed by atoms with Gasteiger partial charge in [0.25, 0.3) is 0 Å². The zero-order valence-corrected chi connectivity index (χ0v) is 10.0. The van der Waals surface area contributed by atoms with Crippen LogP contribution in [-0.4, -0.2) is 25.2 Å². The van der Waals surface area contributed by atoms with Crippen molar-refractivity contribution in [1.82, 2.24) is 5.32 Å². The average Bonchev–Trinajstić information content (AvgIpc) is 2.88. The molecule has 0 bridgehead atoms. The number of carbonyl (C=O) groups is 1. The summed E-state index contributed by atoms with van der Waals surface area (Å²) in [6.45, 7) is 1.50. The van der Waals surface area contributed by atoms with Gasteiger partial charge in [0.15, 0.2) is 0 Å². The summed E-state index contributed by atoms with van der Waals surface area (Å²) in [5.41, 5.74) is 1.21. The number of hydrogen-bond donors (Lipinski definition) is 1. The van der Waals surface area contributed by atoms with Crippen LogP contribution in [0.5, 0.6) is 0 Å². The topological polar surface area (TPSA) is 38.3 Å². The first kappa shape index (κ1) is 12.1. The van der Waals surface area contributed by atoms with Crippen molar-refractivity contribution < 1.29 is 9.53 Å². The summed E-state index contributed by atoms with van der Waals surface area (Å²) in [5, 5.41) is 2.93. The summed E-state index contributed by atoms with van der Waals surface area (Å²) in [6, 6.07) is 10.1. The first-order valence-corrected chi connectivity index (χ1v) is 6.27. The average molecular weight is 233 g/mol. The zero-order valence-electron chi connectivity index (χ0n) is 10.0. The molecule has 92 valence electrons. The van der Waals surface area contributed by atoms with E-state index < -0.39 is 0 Å². The van der Waals surface area contributed by atoms with Crippen molar-refractivity contribution in [1.29, 1.82) is 0 Å². The van der Waals surface area contributed by atoms with Crippen molar-refractivity contribution in [3.63, 3.8) is 0 Å². The van der Waals surface area contributed by atoms with E-state index >= 15 is 0 Å². The van der Waals surface area contributed by atoms with E-state index in [1.54, 1.807) is 0 Å². The van der Waals surface area contributed by atoms with Crippen molar-refractivity contribution in [2.45, 2.75) is 31.8 Å². The largest absolute Gasteiger partial charge is 0.376 e. The van der Waals surface area contributed by atoms with E-state index in [9.17, 15) is 4.79 Å². The smallest absolute Gasteiger partial charge is 0.220 e. The number of carbonyl (C=O) groups excluding carboxylic acids is 1. The molecule has 0 saturated carbocycles. The minimum absolute atomic E-state index is 0.115. The minimum atomic E-state index is 0.115. The predicted octanol–water partition coefficient (Wildman–Crippen LogP) is 1.91. The molecule has 1 heterocycles. The maximum absolute atomic E-state index is 11.6. The molecule has 1 N–H and O–H groups in total. The highest BCUT2D eigenvalue weighted by Gasteiger charge is 2.15. The van der Waals surface area contributed by atoms with Gasteiger partial charge in [0.1, 0.15) is 0 Å². The lowest BCUT2D eigenvalue weighted by Gasteiger charge is -2.10. The first-order valence-electron chi connectivity index (χ1n) is 6.27. The van der Waals surface area contributed by atoms with E-state index in [-0.39, 0.29) is 12.0 Å². The lowest BCUT2D eigenvalue weighted by molar-refractivity contribution is -0.121. The van der Waals surface area contributed by atoms with Crippen LogP contribution in [0.3, 0.4) is 0 Å². The fraction of sp³-hybridized carbons (Fsp3) is 0.500. The standard InChI is InChI=1S/C14H19NO2/c16-14(15-11-13-7-4-10-17-13)9-8-12-5-2-1-3-6-12/h1-3,5-6,13H,4,7-11H2,(H,15,16)/t13-/m0/s1. The zero-order chi connectivity index (χ0) is 11.9. The molecule has 0 spiro atoms. The molecule has 0 radical (unpaired) electrons. The molecular formula is C14H19NO2. The molecule has 0 aromatic heterocycles. The van der Waals surface area contributed by atoms with Gasteiger partial charge in [0.05, 0.1) is 6.10 Å². The molecule has 3 heteroatoms.